The Hall–Kier alpha value is -5.31. The molecule has 294 valence electrons. The summed E-state index contributed by atoms with van der Waals surface area (Å²) < 4.78 is 51.8. The van der Waals surface area contributed by atoms with E-state index in [0.717, 1.165) is 4.90 Å². The maximum absolute atomic E-state index is 15.4. The van der Waals surface area contributed by atoms with Crippen molar-refractivity contribution in [2.45, 2.75) is 30.4 Å². The van der Waals surface area contributed by atoms with Crippen molar-refractivity contribution in [1.29, 1.82) is 0 Å². The molecule has 0 bridgehead atoms. The maximum Gasteiger partial charge on any atom is 0.417 e. The van der Waals surface area contributed by atoms with Gasteiger partial charge in [0.2, 0.25) is 11.8 Å². The second-order valence-electron chi connectivity index (χ2n) is 14.2. The molecule has 57 heavy (non-hydrogen) atoms. The van der Waals surface area contributed by atoms with Crippen LogP contribution in [-0.4, -0.2) is 52.9 Å². The quantitative estimate of drug-likeness (QED) is 0.140. The number of alkyl halides is 3. The first-order chi connectivity index (χ1) is 27.1. The number of aromatic nitrogens is 1. The molecule has 1 aromatic heterocycles. The van der Waals surface area contributed by atoms with Crippen LogP contribution in [0.2, 0.25) is 15.1 Å². The number of pyridine rings is 1. The molecule has 2 aliphatic carbocycles. The topological polar surface area (TPSA) is 138 Å². The van der Waals surface area contributed by atoms with E-state index in [1.165, 1.54) is 38.5 Å². The van der Waals surface area contributed by atoms with E-state index < -0.39 is 81.2 Å². The smallest absolute Gasteiger partial charge is 0.417 e. The highest BCUT2D eigenvalue weighted by molar-refractivity contribution is 6.33. The Labute approximate surface area is 337 Å². The number of carbonyl (C=O) groups is 4. The van der Waals surface area contributed by atoms with Gasteiger partial charge in [0.05, 0.1) is 53.7 Å². The summed E-state index contributed by atoms with van der Waals surface area (Å²) in [4.78, 5) is 63.9. The fourth-order valence-electron chi connectivity index (χ4n) is 9.11. The molecular formula is C40H30Cl3F3N4O7. The van der Waals surface area contributed by atoms with Crippen molar-refractivity contribution < 1.29 is 46.9 Å². The monoisotopic (exact) mass is 840 g/mol. The van der Waals surface area contributed by atoms with Crippen molar-refractivity contribution in [3.63, 3.8) is 0 Å². The maximum atomic E-state index is 15.4. The number of benzene rings is 3. The number of nitrogens with zero attached hydrogens (tertiary/aromatic N) is 3. The normalized spacial score (nSPS) is 25.5. The summed E-state index contributed by atoms with van der Waals surface area (Å²) in [7, 11) is 2.74. The van der Waals surface area contributed by atoms with Gasteiger partial charge < -0.3 is 14.6 Å². The number of phenolic OH excluding ortho intramolecular Hbond substituents is 1. The second kappa shape index (κ2) is 14.0. The summed E-state index contributed by atoms with van der Waals surface area (Å²) in [5.74, 6) is -8.31. The van der Waals surface area contributed by atoms with Crippen molar-refractivity contribution in [1.82, 2.24) is 9.99 Å². The van der Waals surface area contributed by atoms with E-state index in [9.17, 15) is 32.7 Å². The lowest BCUT2D eigenvalue weighted by molar-refractivity contribution is -0.139. The Balaban J connectivity index is 1.35. The average Bonchev–Trinajstić information content (AvgIpc) is 3.56. The van der Waals surface area contributed by atoms with Crippen LogP contribution in [0.3, 0.4) is 0 Å². The number of carbonyl (C=O) groups excluding carboxylic acids is 4. The third-order valence-electron chi connectivity index (χ3n) is 11.5. The zero-order valence-electron chi connectivity index (χ0n) is 29.8. The van der Waals surface area contributed by atoms with Gasteiger partial charge in [0.1, 0.15) is 17.2 Å². The number of halogens is 6. The van der Waals surface area contributed by atoms with Crippen molar-refractivity contribution in [3.05, 3.63) is 116 Å². The van der Waals surface area contributed by atoms with E-state index >= 15 is 4.79 Å². The van der Waals surface area contributed by atoms with Gasteiger partial charge in [0.15, 0.2) is 5.82 Å². The molecule has 1 saturated carbocycles. The van der Waals surface area contributed by atoms with E-state index in [1.807, 2.05) is 0 Å². The number of allylic oxidation sites excluding steroid dienone is 2. The van der Waals surface area contributed by atoms with E-state index in [-0.39, 0.29) is 35.7 Å². The number of hydrogen-bond acceptors (Lipinski definition) is 9. The molecule has 4 amide bonds. The molecule has 17 heteroatoms. The first kappa shape index (κ1) is 38.6. The van der Waals surface area contributed by atoms with Crippen LogP contribution in [0.15, 0.2) is 84.6 Å². The largest absolute Gasteiger partial charge is 0.507 e. The number of hydrazine groups is 1. The SMILES string of the molecule is COc1cc(O)c([C@H]2C3=CC[C@@H]4C(=O)N(c5ccc(Cl)cc5)C(=O)[C@@H]4[C@@H]3C[C@H]3C(=O)N(Nc4ncc(C(F)(F)F)cc4Cl)C(=O)[C@@]23c2ccc(Cl)cc2)c(OC)c1. The van der Waals surface area contributed by atoms with Gasteiger partial charge in [-0.15, -0.1) is 0 Å². The number of imide groups is 2. The highest BCUT2D eigenvalue weighted by Gasteiger charge is 2.71. The third-order valence-corrected chi connectivity index (χ3v) is 12.3. The molecule has 2 saturated heterocycles. The molecule has 8 rings (SSSR count). The van der Waals surface area contributed by atoms with Crippen LogP contribution in [0.5, 0.6) is 17.2 Å². The number of amides is 4. The lowest BCUT2D eigenvalue weighted by Crippen LogP contribution is -2.53. The van der Waals surface area contributed by atoms with Gasteiger partial charge >= 0.3 is 6.18 Å². The van der Waals surface area contributed by atoms with Gasteiger partial charge in [0, 0.05) is 39.9 Å². The summed E-state index contributed by atoms with van der Waals surface area (Å²) in [5, 5.41) is 12.7. The number of anilines is 2. The molecule has 2 N–H and O–H groups in total. The number of phenols is 1. The van der Waals surface area contributed by atoms with Gasteiger partial charge in [-0.25, -0.2) is 4.98 Å². The summed E-state index contributed by atoms with van der Waals surface area (Å²) in [6, 6.07) is 15.9. The van der Waals surface area contributed by atoms with Crippen LogP contribution in [0.25, 0.3) is 0 Å². The van der Waals surface area contributed by atoms with Crippen LogP contribution < -0.4 is 19.8 Å². The predicted octanol–water partition coefficient (Wildman–Crippen LogP) is 7.97. The van der Waals surface area contributed by atoms with Crippen LogP contribution in [0.4, 0.5) is 24.7 Å². The highest BCUT2D eigenvalue weighted by Crippen LogP contribution is 2.66. The molecule has 4 aromatic rings. The standard InChI is InChI=1S/C40H30Cl3F3N4O7/c1-56-23-14-29(51)32(30(15-23)57-2)33-24-11-12-25-31(37(54)49(35(25)52)22-9-7-21(42)8-10-22)26(24)16-27-36(53)50(38(55)39(27,33)18-3-5-20(41)6-4-18)48-34-28(43)13-19(17-47-34)40(44,45)46/h3-11,13-15,17,25-27,31,33,51H,12,16H2,1-2H3,(H,47,48)/t25-,26+,27-,31-,33+,39+/m0/s1. The second-order valence-corrected chi connectivity index (χ2v) is 15.4. The van der Waals surface area contributed by atoms with Gasteiger partial charge in [0.25, 0.3) is 11.8 Å². The first-order valence-electron chi connectivity index (χ1n) is 17.5. The minimum absolute atomic E-state index is 0.0808. The zero-order valence-corrected chi connectivity index (χ0v) is 32.1. The Morgan fingerprint density at radius 1 is 0.877 bits per heavy atom. The van der Waals surface area contributed by atoms with E-state index in [0.29, 0.717) is 44.1 Å². The van der Waals surface area contributed by atoms with Crippen LogP contribution in [-0.2, 0) is 30.8 Å². The number of ether oxygens (including phenoxy) is 2. The predicted molar refractivity (Wildman–Crippen MR) is 202 cm³/mol. The van der Waals surface area contributed by atoms with Gasteiger partial charge in [-0.1, -0.05) is 58.6 Å². The molecule has 0 radical (unpaired) electrons. The van der Waals surface area contributed by atoms with Crippen molar-refractivity contribution >= 4 is 69.9 Å². The third kappa shape index (κ3) is 5.90. The van der Waals surface area contributed by atoms with E-state index in [1.54, 1.807) is 42.5 Å². The summed E-state index contributed by atoms with van der Waals surface area (Å²) in [6.45, 7) is 0. The van der Waals surface area contributed by atoms with Crippen LogP contribution in [0.1, 0.15) is 35.4 Å². The molecule has 0 unspecified atom stereocenters. The van der Waals surface area contributed by atoms with Crippen LogP contribution in [0, 0.1) is 23.7 Å². The van der Waals surface area contributed by atoms with Crippen LogP contribution >= 0.6 is 34.8 Å². The minimum atomic E-state index is -4.78. The van der Waals surface area contributed by atoms with E-state index in [4.69, 9.17) is 44.3 Å². The number of nitrogens with one attached hydrogen (secondary N) is 1. The molecule has 4 aliphatic rings. The molecule has 11 nitrogen and oxygen atoms in total. The fraction of sp³-hybridized carbons (Fsp3) is 0.275. The number of hydrogen-bond donors (Lipinski definition) is 2. The number of fused-ring (bicyclic) bond motifs is 4. The van der Waals surface area contributed by atoms with E-state index in [2.05, 4.69) is 10.4 Å². The summed E-state index contributed by atoms with van der Waals surface area (Å²) in [5.41, 5.74) is 0.711. The molecule has 0 spiro atoms. The molecule has 3 fully saturated rings. The van der Waals surface area contributed by atoms with Crippen molar-refractivity contribution in [2.24, 2.45) is 23.7 Å². The van der Waals surface area contributed by atoms with Gasteiger partial charge in [-0.2, -0.15) is 18.2 Å². The van der Waals surface area contributed by atoms with Gasteiger partial charge in [-0.05, 0) is 66.8 Å². The van der Waals surface area contributed by atoms with Crippen molar-refractivity contribution in [3.8, 4) is 17.2 Å². The molecule has 3 heterocycles. The summed E-state index contributed by atoms with van der Waals surface area (Å²) >= 11 is 18.7. The molecule has 6 atom stereocenters. The lowest BCUT2D eigenvalue weighted by Gasteiger charge is -2.50. The van der Waals surface area contributed by atoms with Crippen molar-refractivity contribution in [2.75, 3.05) is 24.5 Å². The minimum Gasteiger partial charge on any atom is -0.507 e. The number of aromatic hydroxyl groups is 1. The Bertz CT molecular complexity index is 2400. The lowest BCUT2D eigenvalue weighted by atomic mass is 9.49. The molecule has 3 aromatic carbocycles. The molecule has 2 aliphatic heterocycles. The highest BCUT2D eigenvalue weighted by atomic mass is 35.5. The molecular weight excluding hydrogens is 812 g/mol. The number of methoxy groups -OCH3 is 2. The van der Waals surface area contributed by atoms with Gasteiger partial charge in [-0.3, -0.25) is 29.5 Å². The average molecular weight is 842 g/mol. The Kier molecular flexibility index (Phi) is 9.44. The Morgan fingerprint density at radius 3 is 2.16 bits per heavy atom. The fourth-order valence-corrected chi connectivity index (χ4v) is 9.57. The number of rotatable bonds is 7. The zero-order chi connectivity index (χ0) is 40.7. The Morgan fingerprint density at radius 2 is 1.54 bits per heavy atom. The summed E-state index contributed by atoms with van der Waals surface area (Å²) in [6.07, 6.45) is -2.53. The first-order valence-corrected chi connectivity index (χ1v) is 18.7.